The molecular formula is C10H19NO4S. The van der Waals surface area contributed by atoms with Crippen molar-refractivity contribution in [3.63, 3.8) is 0 Å². The summed E-state index contributed by atoms with van der Waals surface area (Å²) in [5, 5.41) is 9.22. The Hall–Kier alpha value is -0.300. The molecule has 0 aliphatic carbocycles. The zero-order valence-corrected chi connectivity index (χ0v) is 10.7. The maximum absolute atomic E-state index is 11.3. The van der Waals surface area contributed by atoms with Gasteiger partial charge in [-0.05, 0) is 32.3 Å². The highest BCUT2D eigenvalue weighted by molar-refractivity contribution is 7.98. The van der Waals surface area contributed by atoms with E-state index in [2.05, 4.69) is 0 Å². The van der Waals surface area contributed by atoms with E-state index in [0.29, 0.717) is 12.2 Å². The first-order valence-electron chi connectivity index (χ1n) is 5.15. The van der Waals surface area contributed by atoms with Crippen LogP contribution in [-0.2, 0) is 14.3 Å². The zero-order chi connectivity index (χ0) is 12.4. The number of ether oxygens (including phenoxy) is 2. The van der Waals surface area contributed by atoms with E-state index in [1.165, 1.54) is 0 Å². The zero-order valence-electron chi connectivity index (χ0n) is 9.86. The highest BCUT2D eigenvalue weighted by Gasteiger charge is 2.49. The summed E-state index contributed by atoms with van der Waals surface area (Å²) in [6, 6.07) is 0. The predicted octanol–water partition coefficient (Wildman–Crippen LogP) is 0.673. The van der Waals surface area contributed by atoms with Crippen LogP contribution in [0, 0.1) is 0 Å². The minimum absolute atomic E-state index is 0.226. The largest absolute Gasteiger partial charge is 0.480 e. The van der Waals surface area contributed by atoms with Crippen molar-refractivity contribution in [3.8, 4) is 0 Å². The molecule has 0 spiro atoms. The average Bonchev–Trinajstić information content (AvgIpc) is 2.55. The second kappa shape index (κ2) is 4.91. The Morgan fingerprint density at radius 3 is 2.69 bits per heavy atom. The van der Waals surface area contributed by atoms with Gasteiger partial charge in [0.25, 0.3) is 0 Å². The molecule has 3 N–H and O–H groups in total. The number of hydrogen-bond donors (Lipinski definition) is 2. The van der Waals surface area contributed by atoms with Crippen molar-refractivity contribution in [3.05, 3.63) is 0 Å². The van der Waals surface area contributed by atoms with Gasteiger partial charge in [-0.2, -0.15) is 11.8 Å². The van der Waals surface area contributed by atoms with Crippen LogP contribution in [-0.4, -0.2) is 47.1 Å². The number of nitrogens with two attached hydrogens (primary N) is 1. The molecule has 94 valence electrons. The molecule has 16 heavy (non-hydrogen) atoms. The van der Waals surface area contributed by atoms with Gasteiger partial charge < -0.3 is 20.3 Å². The SMILES string of the molecule is CSCCC(N)(C(=O)O)C1COC(C)(C)O1. The van der Waals surface area contributed by atoms with Gasteiger partial charge in [-0.3, -0.25) is 4.79 Å². The molecule has 0 aromatic rings. The summed E-state index contributed by atoms with van der Waals surface area (Å²) in [7, 11) is 0. The Morgan fingerprint density at radius 1 is 1.69 bits per heavy atom. The Balaban J connectivity index is 2.74. The molecule has 2 atom stereocenters. The number of rotatable bonds is 5. The molecule has 1 aliphatic heterocycles. The van der Waals surface area contributed by atoms with Crippen molar-refractivity contribution in [1.82, 2.24) is 0 Å². The van der Waals surface area contributed by atoms with Gasteiger partial charge in [-0.1, -0.05) is 0 Å². The first kappa shape index (κ1) is 13.8. The van der Waals surface area contributed by atoms with Crippen molar-refractivity contribution in [2.75, 3.05) is 18.6 Å². The summed E-state index contributed by atoms with van der Waals surface area (Å²) in [4.78, 5) is 11.3. The van der Waals surface area contributed by atoms with Gasteiger partial charge in [0.1, 0.15) is 11.6 Å². The lowest BCUT2D eigenvalue weighted by Gasteiger charge is -2.30. The molecule has 6 heteroatoms. The molecule has 0 bridgehead atoms. The second-order valence-electron chi connectivity index (χ2n) is 4.41. The molecule has 1 fully saturated rings. The van der Waals surface area contributed by atoms with Crippen LogP contribution in [0.2, 0.25) is 0 Å². The lowest BCUT2D eigenvalue weighted by Crippen LogP contribution is -2.59. The minimum atomic E-state index is -1.36. The number of carboxylic acids is 1. The highest BCUT2D eigenvalue weighted by atomic mass is 32.2. The number of aliphatic carboxylic acids is 1. The average molecular weight is 249 g/mol. The van der Waals surface area contributed by atoms with E-state index >= 15 is 0 Å². The van der Waals surface area contributed by atoms with Gasteiger partial charge >= 0.3 is 5.97 Å². The molecule has 1 aliphatic rings. The van der Waals surface area contributed by atoms with Gasteiger partial charge in [-0.15, -0.1) is 0 Å². The monoisotopic (exact) mass is 249 g/mol. The van der Waals surface area contributed by atoms with Crippen molar-refractivity contribution < 1.29 is 19.4 Å². The van der Waals surface area contributed by atoms with Crippen molar-refractivity contribution in [2.45, 2.75) is 37.7 Å². The molecule has 0 amide bonds. The van der Waals surface area contributed by atoms with Crippen LogP contribution in [0.15, 0.2) is 0 Å². The lowest BCUT2D eigenvalue weighted by molar-refractivity contribution is -0.162. The first-order chi connectivity index (χ1) is 7.32. The smallest absolute Gasteiger partial charge is 0.326 e. The molecule has 2 unspecified atom stereocenters. The normalized spacial score (nSPS) is 27.6. The quantitative estimate of drug-likeness (QED) is 0.745. The Kier molecular flexibility index (Phi) is 4.23. The Bertz CT molecular complexity index is 272. The molecular weight excluding hydrogens is 230 g/mol. The summed E-state index contributed by atoms with van der Waals surface area (Å²) in [5.41, 5.74) is 4.57. The van der Waals surface area contributed by atoms with E-state index in [-0.39, 0.29) is 6.61 Å². The van der Waals surface area contributed by atoms with Gasteiger partial charge in [0, 0.05) is 0 Å². The topological polar surface area (TPSA) is 81.8 Å². The van der Waals surface area contributed by atoms with E-state index in [1.54, 1.807) is 25.6 Å². The van der Waals surface area contributed by atoms with Gasteiger partial charge in [0.2, 0.25) is 0 Å². The fraction of sp³-hybridized carbons (Fsp3) is 0.900. The van der Waals surface area contributed by atoms with Crippen LogP contribution in [0.3, 0.4) is 0 Å². The van der Waals surface area contributed by atoms with Crippen LogP contribution in [0.4, 0.5) is 0 Å². The molecule has 0 aromatic carbocycles. The number of carbonyl (C=O) groups is 1. The van der Waals surface area contributed by atoms with Gasteiger partial charge in [0.05, 0.1) is 6.61 Å². The van der Waals surface area contributed by atoms with E-state index in [0.717, 1.165) is 0 Å². The first-order valence-corrected chi connectivity index (χ1v) is 6.54. The fourth-order valence-corrected chi connectivity index (χ4v) is 2.16. The molecule has 1 heterocycles. The van der Waals surface area contributed by atoms with E-state index in [4.69, 9.17) is 15.2 Å². The number of thioether (sulfide) groups is 1. The van der Waals surface area contributed by atoms with Crippen LogP contribution in [0.5, 0.6) is 0 Å². The number of hydrogen-bond acceptors (Lipinski definition) is 5. The third kappa shape index (κ3) is 2.88. The van der Waals surface area contributed by atoms with Crippen molar-refractivity contribution in [1.29, 1.82) is 0 Å². The maximum atomic E-state index is 11.3. The van der Waals surface area contributed by atoms with Gasteiger partial charge in [-0.25, -0.2) is 0 Å². The third-order valence-corrected chi connectivity index (χ3v) is 3.31. The maximum Gasteiger partial charge on any atom is 0.326 e. The number of carboxylic acid groups (broad SMARTS) is 1. The van der Waals surface area contributed by atoms with E-state index in [1.807, 2.05) is 6.26 Å². The second-order valence-corrected chi connectivity index (χ2v) is 5.39. The van der Waals surface area contributed by atoms with E-state index < -0.39 is 23.4 Å². The highest BCUT2D eigenvalue weighted by Crippen LogP contribution is 2.30. The molecule has 5 nitrogen and oxygen atoms in total. The summed E-state index contributed by atoms with van der Waals surface area (Å²) < 4.78 is 10.9. The van der Waals surface area contributed by atoms with Crippen LogP contribution < -0.4 is 5.73 Å². The molecule has 0 aromatic heterocycles. The fourth-order valence-electron chi connectivity index (χ4n) is 1.62. The Morgan fingerprint density at radius 2 is 2.31 bits per heavy atom. The molecule has 0 saturated carbocycles. The van der Waals surface area contributed by atoms with Crippen LogP contribution >= 0.6 is 11.8 Å². The summed E-state index contributed by atoms with van der Waals surface area (Å²) >= 11 is 1.56. The third-order valence-electron chi connectivity index (χ3n) is 2.70. The van der Waals surface area contributed by atoms with Crippen molar-refractivity contribution >= 4 is 17.7 Å². The summed E-state index contributed by atoms with van der Waals surface area (Å²) in [6.45, 7) is 3.73. The lowest BCUT2D eigenvalue weighted by atomic mass is 9.91. The predicted molar refractivity (Wildman–Crippen MR) is 62.5 cm³/mol. The molecule has 1 saturated heterocycles. The summed E-state index contributed by atoms with van der Waals surface area (Å²) in [6.07, 6.45) is 1.69. The Labute approximate surface area is 99.7 Å². The van der Waals surface area contributed by atoms with Crippen molar-refractivity contribution in [2.24, 2.45) is 5.73 Å². The standard InChI is InChI=1S/C10H19NO4S/c1-9(2)14-6-7(15-9)10(11,8(12)13)4-5-16-3/h7H,4-6,11H2,1-3H3,(H,12,13). The van der Waals surface area contributed by atoms with Gasteiger partial charge in [0.15, 0.2) is 5.79 Å². The molecule has 0 radical (unpaired) electrons. The van der Waals surface area contributed by atoms with Crippen LogP contribution in [0.1, 0.15) is 20.3 Å². The van der Waals surface area contributed by atoms with Crippen LogP contribution in [0.25, 0.3) is 0 Å². The molecule has 1 rings (SSSR count). The summed E-state index contributed by atoms with van der Waals surface area (Å²) in [5.74, 6) is -1.10. The minimum Gasteiger partial charge on any atom is -0.480 e. The van der Waals surface area contributed by atoms with E-state index in [9.17, 15) is 9.90 Å².